The second-order valence-electron chi connectivity index (χ2n) is 14.0. The number of methoxy groups -OCH3 is 3. The summed E-state index contributed by atoms with van der Waals surface area (Å²) in [7, 11) is 4.34. The van der Waals surface area contributed by atoms with E-state index < -0.39 is 35.6 Å². The molecule has 0 aliphatic carbocycles. The van der Waals surface area contributed by atoms with Gasteiger partial charge in [-0.3, -0.25) is 24.3 Å². The number of hydrogen-bond acceptors (Lipinski definition) is 12. The molecule has 0 saturated carbocycles. The number of ether oxygens (including phenoxy) is 5. The second kappa shape index (κ2) is 18.5. The summed E-state index contributed by atoms with van der Waals surface area (Å²) in [4.78, 5) is 59.8. The normalized spacial score (nSPS) is 15.6. The number of amides is 4. The van der Waals surface area contributed by atoms with Gasteiger partial charge in [0.2, 0.25) is 0 Å². The largest absolute Gasteiger partial charge is 0.492 e. The van der Waals surface area contributed by atoms with Crippen molar-refractivity contribution in [1.82, 2.24) is 20.1 Å². The third-order valence-electron chi connectivity index (χ3n) is 9.08. The smallest absolute Gasteiger partial charge is 0.417 e. The van der Waals surface area contributed by atoms with Crippen LogP contribution in [0, 0.1) is 11.7 Å². The minimum Gasteiger partial charge on any atom is -0.492 e. The molecule has 2 N–H and O–H groups in total. The van der Waals surface area contributed by atoms with Crippen molar-refractivity contribution in [3.63, 3.8) is 0 Å². The third-order valence-corrected chi connectivity index (χ3v) is 9.38. The van der Waals surface area contributed by atoms with Crippen LogP contribution < -0.4 is 20.1 Å². The summed E-state index contributed by atoms with van der Waals surface area (Å²) in [5.41, 5.74) is 1.10. The van der Waals surface area contributed by atoms with Crippen LogP contribution in [0.3, 0.4) is 0 Å². The molecule has 4 amide bonds. The lowest BCUT2D eigenvalue weighted by molar-refractivity contribution is -0.127. The van der Waals surface area contributed by atoms with E-state index in [4.69, 9.17) is 35.9 Å². The Morgan fingerprint density at radius 3 is 2.34 bits per heavy atom. The van der Waals surface area contributed by atoms with E-state index in [9.17, 15) is 23.6 Å². The van der Waals surface area contributed by atoms with Crippen LogP contribution in [0.25, 0.3) is 0 Å². The maximum absolute atomic E-state index is 14.7. The van der Waals surface area contributed by atoms with Crippen LogP contribution >= 0.6 is 12.2 Å². The average Bonchev–Trinajstić information content (AvgIpc) is 3.41. The molecule has 1 aromatic heterocycles. The molecule has 0 radical (unpaired) electrons. The van der Waals surface area contributed by atoms with E-state index in [2.05, 4.69) is 15.6 Å². The van der Waals surface area contributed by atoms with Gasteiger partial charge in [0.1, 0.15) is 16.3 Å². The first-order chi connectivity index (χ1) is 26.8. The van der Waals surface area contributed by atoms with Gasteiger partial charge in [-0.05, 0) is 70.4 Å². The van der Waals surface area contributed by atoms with Gasteiger partial charge < -0.3 is 34.3 Å². The quantitative estimate of drug-likeness (QED) is 0.0769. The molecule has 2 aliphatic rings. The van der Waals surface area contributed by atoms with Crippen molar-refractivity contribution < 1.29 is 47.3 Å². The molecule has 0 spiro atoms. The highest BCUT2D eigenvalue weighted by Gasteiger charge is 2.41. The van der Waals surface area contributed by atoms with E-state index >= 15 is 0 Å². The third kappa shape index (κ3) is 9.67. The molecule has 16 heteroatoms. The van der Waals surface area contributed by atoms with Crippen LogP contribution in [0.4, 0.5) is 14.9 Å². The first-order valence-electron chi connectivity index (χ1n) is 18.0. The Bertz CT molecular complexity index is 1960. The summed E-state index contributed by atoms with van der Waals surface area (Å²) in [6, 6.07) is 12.7. The average molecular weight is 792 g/mol. The Hall–Kier alpha value is -5.45. The predicted molar refractivity (Wildman–Crippen MR) is 208 cm³/mol. The van der Waals surface area contributed by atoms with Crippen molar-refractivity contribution in [3.05, 3.63) is 94.7 Å². The highest BCUT2D eigenvalue weighted by molar-refractivity contribution is 7.81. The Morgan fingerprint density at radius 2 is 1.70 bits per heavy atom. The molecular formula is C40H46FN5O9S. The van der Waals surface area contributed by atoms with Gasteiger partial charge in [0.25, 0.3) is 17.7 Å². The van der Waals surface area contributed by atoms with Gasteiger partial charge in [-0.1, -0.05) is 30.4 Å². The SMILES string of the molecule is COc1c(F)cccc1NC(=S)C1=C(NCc2ccncc2OCCCN2C(=O)c3ccccc3C2=O)C(CCC(OC)OC)CN(C(=O)OC(C)(C)C)C1=O. The van der Waals surface area contributed by atoms with E-state index in [0.29, 0.717) is 47.4 Å². The second-order valence-corrected chi connectivity index (χ2v) is 14.4. The molecule has 56 heavy (non-hydrogen) atoms. The van der Waals surface area contributed by atoms with Gasteiger partial charge in [0.05, 0.1) is 42.3 Å². The fourth-order valence-electron chi connectivity index (χ4n) is 6.40. The van der Waals surface area contributed by atoms with Crippen LogP contribution in [0.15, 0.2) is 72.2 Å². The maximum atomic E-state index is 14.7. The lowest BCUT2D eigenvalue weighted by Gasteiger charge is -2.37. The standard InChI is InChI=1S/C40H46FN5O9S/c1-40(2,3)55-39(50)46-23-25(15-16-31(51-4)52-5)33(32(38(46)49)35(56)44-29-14-9-13-28(41)34(29)53-6)43-21-24-17-18-42-22-30(24)54-20-10-19-45-36(47)26-11-7-8-12-27(26)37(45)48/h7-9,11-14,17-18,22,25,31,43H,10,15-16,19-21,23H2,1-6H3,(H,44,56). The molecule has 3 heterocycles. The number of imide groups is 2. The van der Waals surface area contributed by atoms with E-state index in [1.165, 1.54) is 38.4 Å². The van der Waals surface area contributed by atoms with Crippen molar-refractivity contribution in [2.45, 2.75) is 58.5 Å². The van der Waals surface area contributed by atoms with Gasteiger partial charge in [-0.15, -0.1) is 0 Å². The molecule has 2 aliphatic heterocycles. The number of anilines is 1. The first kappa shape index (κ1) is 41.7. The van der Waals surface area contributed by atoms with Crippen LogP contribution in [-0.4, -0.2) is 96.5 Å². The Kier molecular flexibility index (Phi) is 13.7. The summed E-state index contributed by atoms with van der Waals surface area (Å²) in [6.07, 6.45) is 2.85. The molecule has 1 unspecified atom stereocenters. The molecule has 0 bridgehead atoms. The number of nitrogens with one attached hydrogen (secondary N) is 2. The molecule has 3 aromatic rings. The number of pyridine rings is 1. The fourth-order valence-corrected chi connectivity index (χ4v) is 6.71. The van der Waals surface area contributed by atoms with Crippen LogP contribution in [0.2, 0.25) is 0 Å². The predicted octanol–water partition coefficient (Wildman–Crippen LogP) is 5.87. The number of fused-ring (bicyclic) bond motifs is 1. The zero-order valence-corrected chi connectivity index (χ0v) is 33.0. The van der Waals surface area contributed by atoms with Crippen molar-refractivity contribution in [1.29, 1.82) is 0 Å². The summed E-state index contributed by atoms with van der Waals surface area (Å²) < 4.78 is 42.6. The number of carbonyl (C=O) groups excluding carboxylic acids is 4. The lowest BCUT2D eigenvalue weighted by Crippen LogP contribution is -2.51. The molecule has 298 valence electrons. The monoisotopic (exact) mass is 791 g/mol. The van der Waals surface area contributed by atoms with Crippen molar-refractivity contribution in [2.24, 2.45) is 5.92 Å². The molecule has 0 saturated heterocycles. The van der Waals surface area contributed by atoms with E-state index in [0.717, 1.165) is 4.90 Å². The molecule has 0 fully saturated rings. The number of thiocarbonyl (C=S) groups is 1. The van der Waals surface area contributed by atoms with Gasteiger partial charge in [-0.2, -0.15) is 0 Å². The van der Waals surface area contributed by atoms with E-state index in [1.54, 1.807) is 69.6 Å². The highest BCUT2D eigenvalue weighted by atomic mass is 32.1. The van der Waals surface area contributed by atoms with Crippen molar-refractivity contribution in [2.75, 3.05) is 46.3 Å². The first-order valence-corrected chi connectivity index (χ1v) is 18.4. The number of carbonyl (C=O) groups is 4. The summed E-state index contributed by atoms with van der Waals surface area (Å²) in [5.74, 6) is -2.24. The van der Waals surface area contributed by atoms with Gasteiger partial charge >= 0.3 is 6.09 Å². The Labute approximate surface area is 330 Å². The van der Waals surface area contributed by atoms with Crippen molar-refractivity contribution in [3.8, 4) is 11.5 Å². The minimum absolute atomic E-state index is 0.0303. The maximum Gasteiger partial charge on any atom is 0.417 e. The number of hydrogen-bond donors (Lipinski definition) is 2. The zero-order chi connectivity index (χ0) is 40.6. The summed E-state index contributed by atoms with van der Waals surface area (Å²) in [5, 5.41) is 6.36. The summed E-state index contributed by atoms with van der Waals surface area (Å²) in [6.45, 7) is 5.51. The van der Waals surface area contributed by atoms with Gasteiger partial charge in [0.15, 0.2) is 17.9 Å². The Morgan fingerprint density at radius 1 is 1.00 bits per heavy atom. The Balaban J connectivity index is 1.42. The van der Waals surface area contributed by atoms with E-state index in [-0.39, 0.29) is 60.1 Å². The number of aromatic nitrogens is 1. The fraction of sp³-hybridized carbons (Fsp3) is 0.400. The molecular weight excluding hydrogens is 746 g/mol. The number of para-hydroxylation sites is 1. The van der Waals surface area contributed by atoms with Crippen LogP contribution in [-0.2, 0) is 25.5 Å². The van der Waals surface area contributed by atoms with E-state index in [1.807, 2.05) is 0 Å². The summed E-state index contributed by atoms with van der Waals surface area (Å²) >= 11 is 5.83. The topological polar surface area (TPSA) is 158 Å². The number of halogens is 1. The van der Waals surface area contributed by atoms with Crippen LogP contribution in [0.5, 0.6) is 11.5 Å². The lowest BCUT2D eigenvalue weighted by atomic mass is 9.90. The minimum atomic E-state index is -0.900. The van der Waals surface area contributed by atoms with Gasteiger partial charge in [0, 0.05) is 57.2 Å². The van der Waals surface area contributed by atoms with Gasteiger partial charge in [-0.25, -0.2) is 14.1 Å². The van der Waals surface area contributed by atoms with Crippen molar-refractivity contribution >= 4 is 46.7 Å². The highest BCUT2D eigenvalue weighted by Crippen LogP contribution is 2.33. The molecule has 2 aromatic carbocycles. The molecule has 14 nitrogen and oxygen atoms in total. The molecule has 5 rings (SSSR count). The zero-order valence-electron chi connectivity index (χ0n) is 32.2. The molecule has 1 atom stereocenters. The number of benzene rings is 2. The van der Waals surface area contributed by atoms with Crippen LogP contribution in [0.1, 0.15) is 66.3 Å². The number of rotatable bonds is 16. The number of nitrogens with zero attached hydrogens (tertiary/aromatic N) is 3.